The molecule has 0 aliphatic carbocycles. The number of nitrogen functional groups attached to an aromatic ring is 1. The molecule has 9 nitrogen and oxygen atoms in total. The lowest BCUT2D eigenvalue weighted by Crippen LogP contribution is -2.28. The van der Waals surface area contributed by atoms with Gasteiger partial charge in [0.1, 0.15) is 4.70 Å². The first-order chi connectivity index (χ1) is 11.0. The van der Waals surface area contributed by atoms with Gasteiger partial charge in [-0.05, 0) is 13.1 Å². The molecular formula is C13H17N5O4S. The third-order valence-electron chi connectivity index (χ3n) is 3.95. The standard InChI is InChI=1S/C13H17N5O4S/c1-3-6(19)7-4-5(15-2)11(22-7)18-9-8(23-13(18)21)10(20)17-12(14)16-9/h5-7,11,19H,2-4H2,1H3,(H3,14,16,17,20)/t5-,6?,7+,11-/m1/s1. The maximum Gasteiger partial charge on any atom is 0.311 e. The van der Waals surface area contributed by atoms with E-state index >= 15 is 0 Å². The van der Waals surface area contributed by atoms with Crippen LogP contribution in [0.1, 0.15) is 26.0 Å². The summed E-state index contributed by atoms with van der Waals surface area (Å²) in [6, 6.07) is -0.418. The van der Waals surface area contributed by atoms with Crippen LogP contribution in [0.5, 0.6) is 0 Å². The van der Waals surface area contributed by atoms with E-state index in [0.717, 1.165) is 11.3 Å². The van der Waals surface area contributed by atoms with Crippen molar-refractivity contribution in [2.24, 2.45) is 4.99 Å². The largest absolute Gasteiger partial charge is 0.390 e. The van der Waals surface area contributed by atoms with Crippen LogP contribution in [0.15, 0.2) is 14.6 Å². The molecule has 0 radical (unpaired) electrons. The number of aromatic nitrogens is 3. The van der Waals surface area contributed by atoms with Crippen LogP contribution in [0.3, 0.4) is 0 Å². The Hall–Kier alpha value is -2.04. The normalized spacial score (nSPS) is 25.7. The Bertz CT molecular complexity index is 856. The second-order valence-corrected chi connectivity index (χ2v) is 6.33. The van der Waals surface area contributed by atoms with Crippen LogP contribution < -0.4 is 16.2 Å². The average Bonchev–Trinajstić information content (AvgIpc) is 3.07. The highest BCUT2D eigenvalue weighted by atomic mass is 32.1. The number of nitrogens with zero attached hydrogens (tertiary/aromatic N) is 3. The first kappa shape index (κ1) is 15.8. The molecule has 3 rings (SSSR count). The molecule has 124 valence electrons. The van der Waals surface area contributed by atoms with Gasteiger partial charge in [-0.2, -0.15) is 4.98 Å². The first-order valence-electron chi connectivity index (χ1n) is 7.16. The highest BCUT2D eigenvalue weighted by Gasteiger charge is 2.40. The van der Waals surface area contributed by atoms with Crippen molar-refractivity contribution < 1.29 is 9.84 Å². The van der Waals surface area contributed by atoms with E-state index in [9.17, 15) is 14.7 Å². The van der Waals surface area contributed by atoms with E-state index in [4.69, 9.17) is 10.5 Å². The van der Waals surface area contributed by atoms with Crippen molar-refractivity contribution in [2.45, 2.75) is 44.2 Å². The zero-order valence-electron chi connectivity index (χ0n) is 12.4. The number of aliphatic hydroxyl groups is 1. The highest BCUT2D eigenvalue weighted by Crippen LogP contribution is 2.34. The number of rotatable bonds is 4. The van der Waals surface area contributed by atoms with E-state index in [0.29, 0.717) is 12.8 Å². The lowest BCUT2D eigenvalue weighted by Gasteiger charge is -2.18. The van der Waals surface area contributed by atoms with Gasteiger partial charge in [-0.15, -0.1) is 0 Å². The lowest BCUT2D eigenvalue weighted by atomic mass is 10.1. The van der Waals surface area contributed by atoms with Crippen LogP contribution in [-0.2, 0) is 4.74 Å². The van der Waals surface area contributed by atoms with Crippen molar-refractivity contribution in [3.63, 3.8) is 0 Å². The molecule has 0 bridgehead atoms. The number of nitrogens with one attached hydrogen (secondary N) is 1. The number of hydrogen-bond donors (Lipinski definition) is 3. The number of nitrogens with two attached hydrogens (primary N) is 1. The zero-order valence-corrected chi connectivity index (χ0v) is 13.2. The van der Waals surface area contributed by atoms with Crippen LogP contribution in [0.2, 0.25) is 0 Å². The van der Waals surface area contributed by atoms with E-state index in [2.05, 4.69) is 21.7 Å². The minimum Gasteiger partial charge on any atom is -0.390 e. The molecule has 3 heterocycles. The third kappa shape index (κ3) is 2.58. The topological polar surface area (TPSA) is 136 Å². The molecule has 0 spiro atoms. The summed E-state index contributed by atoms with van der Waals surface area (Å²) >= 11 is 0.770. The molecule has 1 unspecified atom stereocenters. The van der Waals surface area contributed by atoms with E-state index in [1.165, 1.54) is 4.57 Å². The lowest BCUT2D eigenvalue weighted by molar-refractivity contribution is -0.0608. The summed E-state index contributed by atoms with van der Waals surface area (Å²) in [7, 11) is 0. The Labute approximate surface area is 134 Å². The Morgan fingerprint density at radius 3 is 3.04 bits per heavy atom. The molecule has 1 saturated heterocycles. The number of aliphatic hydroxyl groups excluding tert-OH is 1. The summed E-state index contributed by atoms with van der Waals surface area (Å²) in [5.74, 6) is -0.0831. The van der Waals surface area contributed by atoms with E-state index in [-0.39, 0.29) is 16.3 Å². The van der Waals surface area contributed by atoms with Crippen molar-refractivity contribution in [3.05, 3.63) is 20.0 Å². The molecule has 23 heavy (non-hydrogen) atoms. The van der Waals surface area contributed by atoms with Crippen molar-refractivity contribution in [1.82, 2.24) is 14.5 Å². The third-order valence-corrected chi connectivity index (χ3v) is 4.89. The SMILES string of the molecule is C=N[C@@H]1C[C@@H](C(O)CC)O[C@H]1n1c(=O)sc2c(=O)[nH]c(N)nc21. The summed E-state index contributed by atoms with van der Waals surface area (Å²) in [4.78, 5) is 34.3. The first-order valence-corrected chi connectivity index (χ1v) is 7.98. The molecule has 4 N–H and O–H groups in total. The smallest absolute Gasteiger partial charge is 0.311 e. The van der Waals surface area contributed by atoms with Gasteiger partial charge in [0.2, 0.25) is 5.95 Å². The van der Waals surface area contributed by atoms with Gasteiger partial charge >= 0.3 is 4.87 Å². The Morgan fingerprint density at radius 2 is 2.39 bits per heavy atom. The molecule has 1 aliphatic rings. The number of thiazole rings is 1. The van der Waals surface area contributed by atoms with E-state index < -0.39 is 34.9 Å². The van der Waals surface area contributed by atoms with Gasteiger partial charge < -0.3 is 15.6 Å². The summed E-state index contributed by atoms with van der Waals surface area (Å²) < 4.78 is 7.27. The van der Waals surface area contributed by atoms with Gasteiger partial charge in [0.25, 0.3) is 5.56 Å². The maximum absolute atomic E-state index is 12.3. The average molecular weight is 339 g/mol. The Morgan fingerprint density at radius 1 is 1.65 bits per heavy atom. The second-order valence-electron chi connectivity index (χ2n) is 5.37. The number of anilines is 1. The van der Waals surface area contributed by atoms with Gasteiger partial charge in [-0.3, -0.25) is 24.1 Å². The number of hydrogen-bond acceptors (Lipinski definition) is 8. The molecule has 4 atom stereocenters. The quantitative estimate of drug-likeness (QED) is 0.663. The van der Waals surface area contributed by atoms with Crippen LogP contribution in [0.4, 0.5) is 5.95 Å². The molecule has 1 fully saturated rings. The number of ether oxygens (including phenoxy) is 1. The predicted octanol–water partition coefficient (Wildman–Crippen LogP) is -0.144. The van der Waals surface area contributed by atoms with Crippen LogP contribution in [-0.4, -0.2) is 44.6 Å². The van der Waals surface area contributed by atoms with Crippen LogP contribution in [0.25, 0.3) is 10.3 Å². The number of fused-ring (bicyclic) bond motifs is 1. The monoisotopic (exact) mass is 339 g/mol. The zero-order chi connectivity index (χ0) is 16.7. The Balaban J connectivity index is 2.12. The van der Waals surface area contributed by atoms with Gasteiger partial charge in [0.15, 0.2) is 11.9 Å². The number of aliphatic imine (C=N–C) groups is 1. The predicted molar refractivity (Wildman–Crippen MR) is 87.1 cm³/mol. The molecule has 10 heteroatoms. The molecular weight excluding hydrogens is 322 g/mol. The summed E-state index contributed by atoms with van der Waals surface area (Å²) in [6.07, 6.45) is -0.932. The molecule has 0 saturated carbocycles. The Kier molecular flexibility index (Phi) is 4.04. The molecule has 0 aromatic carbocycles. The van der Waals surface area contributed by atoms with E-state index in [1.54, 1.807) is 0 Å². The van der Waals surface area contributed by atoms with Gasteiger partial charge in [0.05, 0.1) is 18.2 Å². The van der Waals surface area contributed by atoms with Crippen molar-refractivity contribution >= 4 is 34.3 Å². The van der Waals surface area contributed by atoms with Gasteiger partial charge in [-0.25, -0.2) is 0 Å². The number of H-pyrrole nitrogens is 1. The second kappa shape index (κ2) is 5.87. The molecule has 2 aromatic rings. The fourth-order valence-electron chi connectivity index (χ4n) is 2.76. The highest BCUT2D eigenvalue weighted by molar-refractivity contribution is 7.16. The molecule has 2 aromatic heterocycles. The summed E-state index contributed by atoms with van der Waals surface area (Å²) in [5, 5.41) is 9.99. The maximum atomic E-state index is 12.3. The molecule has 1 aliphatic heterocycles. The van der Waals surface area contributed by atoms with Crippen molar-refractivity contribution in [1.29, 1.82) is 0 Å². The molecule has 0 amide bonds. The fraction of sp³-hybridized carbons (Fsp3) is 0.538. The van der Waals surface area contributed by atoms with Crippen LogP contribution >= 0.6 is 11.3 Å². The van der Waals surface area contributed by atoms with Gasteiger partial charge in [-0.1, -0.05) is 18.3 Å². The summed E-state index contributed by atoms with van der Waals surface area (Å²) in [6.45, 7) is 5.37. The van der Waals surface area contributed by atoms with Crippen molar-refractivity contribution in [3.8, 4) is 0 Å². The van der Waals surface area contributed by atoms with Gasteiger partial charge in [0, 0.05) is 6.42 Å². The van der Waals surface area contributed by atoms with E-state index in [1.807, 2.05) is 6.92 Å². The minimum absolute atomic E-state index is 0.0831. The van der Waals surface area contributed by atoms with Crippen LogP contribution in [0, 0.1) is 0 Å². The minimum atomic E-state index is -0.770. The number of aromatic amines is 1. The fourth-order valence-corrected chi connectivity index (χ4v) is 3.60. The van der Waals surface area contributed by atoms with Crippen molar-refractivity contribution in [2.75, 3.05) is 5.73 Å². The summed E-state index contributed by atoms with van der Waals surface area (Å²) in [5.41, 5.74) is 5.26.